The molecule has 0 aliphatic carbocycles. The summed E-state index contributed by atoms with van der Waals surface area (Å²) in [4.78, 5) is 24.4. The number of nitrogens with one attached hydrogen (secondary N) is 2. The smallest absolute Gasteiger partial charge is 0.338 e. The standard InChI is InChI=1S/C19H20BrFN2O5S/c1-11(2)23-29(26,27)15-7-4-13(5-8-15)19(25)28-12(3)18(24)22-17-9-6-14(20)10-16(17)21/h4-12,23H,1-3H3,(H,22,24). The Morgan fingerprint density at radius 1 is 1.07 bits per heavy atom. The minimum Gasteiger partial charge on any atom is -0.449 e. The lowest BCUT2D eigenvalue weighted by Crippen LogP contribution is -2.31. The molecule has 156 valence electrons. The van der Waals surface area contributed by atoms with Crippen molar-refractivity contribution in [3.63, 3.8) is 0 Å². The molecule has 0 fully saturated rings. The Morgan fingerprint density at radius 3 is 2.24 bits per heavy atom. The summed E-state index contributed by atoms with van der Waals surface area (Å²) in [5.41, 5.74) is 0.0243. The number of ether oxygens (including phenoxy) is 1. The highest BCUT2D eigenvalue weighted by atomic mass is 79.9. The third kappa shape index (κ3) is 6.34. The van der Waals surface area contributed by atoms with E-state index in [2.05, 4.69) is 26.0 Å². The molecule has 10 heteroatoms. The molecule has 0 saturated heterocycles. The summed E-state index contributed by atoms with van der Waals surface area (Å²) in [5, 5.41) is 2.34. The molecule has 0 aromatic heterocycles. The second kappa shape index (κ2) is 9.47. The van der Waals surface area contributed by atoms with Crippen molar-refractivity contribution in [3.8, 4) is 0 Å². The molecule has 0 bridgehead atoms. The Bertz CT molecular complexity index is 1010. The first-order chi connectivity index (χ1) is 13.5. The van der Waals surface area contributed by atoms with Crippen LogP contribution in [0.3, 0.4) is 0 Å². The molecule has 2 rings (SSSR count). The van der Waals surface area contributed by atoms with Gasteiger partial charge in [0.05, 0.1) is 16.1 Å². The number of benzene rings is 2. The van der Waals surface area contributed by atoms with E-state index in [1.807, 2.05) is 0 Å². The number of amides is 1. The van der Waals surface area contributed by atoms with Crippen LogP contribution in [0, 0.1) is 5.82 Å². The number of sulfonamides is 1. The number of halogens is 2. The van der Waals surface area contributed by atoms with Crippen LogP contribution >= 0.6 is 15.9 Å². The molecule has 7 nitrogen and oxygen atoms in total. The van der Waals surface area contributed by atoms with Crippen molar-refractivity contribution in [1.29, 1.82) is 0 Å². The molecule has 1 unspecified atom stereocenters. The number of anilines is 1. The van der Waals surface area contributed by atoms with Gasteiger partial charge in [-0.05, 0) is 63.2 Å². The van der Waals surface area contributed by atoms with E-state index in [-0.39, 0.29) is 22.2 Å². The van der Waals surface area contributed by atoms with E-state index < -0.39 is 33.8 Å². The highest BCUT2D eigenvalue weighted by Crippen LogP contribution is 2.20. The van der Waals surface area contributed by atoms with Crippen LogP contribution in [0.2, 0.25) is 0 Å². The fraction of sp³-hybridized carbons (Fsp3) is 0.263. The second-order valence-electron chi connectivity index (χ2n) is 6.46. The van der Waals surface area contributed by atoms with Crippen LogP contribution < -0.4 is 10.0 Å². The maximum atomic E-state index is 13.8. The van der Waals surface area contributed by atoms with Crippen LogP contribution in [0.25, 0.3) is 0 Å². The quantitative estimate of drug-likeness (QED) is 0.583. The van der Waals surface area contributed by atoms with Gasteiger partial charge in [-0.25, -0.2) is 22.3 Å². The van der Waals surface area contributed by atoms with Crippen LogP contribution in [0.5, 0.6) is 0 Å². The number of esters is 1. The van der Waals surface area contributed by atoms with Gasteiger partial charge in [-0.3, -0.25) is 4.79 Å². The lowest BCUT2D eigenvalue weighted by molar-refractivity contribution is -0.123. The molecule has 2 aromatic rings. The van der Waals surface area contributed by atoms with Crippen LogP contribution in [0.1, 0.15) is 31.1 Å². The van der Waals surface area contributed by atoms with E-state index in [4.69, 9.17) is 4.74 Å². The van der Waals surface area contributed by atoms with Gasteiger partial charge < -0.3 is 10.1 Å². The average Bonchev–Trinajstić information content (AvgIpc) is 2.63. The molecule has 0 saturated carbocycles. The van der Waals surface area contributed by atoms with E-state index in [1.165, 1.54) is 43.3 Å². The Labute approximate surface area is 176 Å². The monoisotopic (exact) mass is 486 g/mol. The van der Waals surface area contributed by atoms with Gasteiger partial charge in [-0.15, -0.1) is 0 Å². The van der Waals surface area contributed by atoms with Gasteiger partial charge in [-0.1, -0.05) is 15.9 Å². The average molecular weight is 487 g/mol. The lowest BCUT2D eigenvalue weighted by atomic mass is 10.2. The Balaban J connectivity index is 2.02. The first-order valence-electron chi connectivity index (χ1n) is 8.59. The Morgan fingerprint density at radius 2 is 1.69 bits per heavy atom. The molecule has 1 amide bonds. The van der Waals surface area contributed by atoms with Crippen molar-refractivity contribution in [2.24, 2.45) is 0 Å². The molecule has 2 aromatic carbocycles. The molecule has 0 radical (unpaired) electrons. The van der Waals surface area contributed by atoms with Crippen molar-refractivity contribution >= 4 is 43.5 Å². The largest absolute Gasteiger partial charge is 0.449 e. The van der Waals surface area contributed by atoms with Gasteiger partial charge in [0.15, 0.2) is 6.10 Å². The topological polar surface area (TPSA) is 102 Å². The number of carbonyl (C=O) groups excluding carboxylic acids is 2. The predicted octanol–water partition coefficient (Wildman–Crippen LogP) is 3.46. The van der Waals surface area contributed by atoms with Crippen molar-refractivity contribution in [2.75, 3.05) is 5.32 Å². The minimum atomic E-state index is -3.69. The minimum absolute atomic E-state index is 0.000690. The van der Waals surface area contributed by atoms with Gasteiger partial charge in [0.25, 0.3) is 5.91 Å². The third-order valence-electron chi connectivity index (χ3n) is 3.63. The molecule has 0 spiro atoms. The van der Waals surface area contributed by atoms with Crippen molar-refractivity contribution < 1.29 is 27.1 Å². The third-order valence-corrected chi connectivity index (χ3v) is 5.80. The van der Waals surface area contributed by atoms with Crippen molar-refractivity contribution in [1.82, 2.24) is 4.72 Å². The van der Waals surface area contributed by atoms with Crippen LogP contribution in [-0.2, 0) is 19.6 Å². The molecule has 1 atom stereocenters. The first-order valence-corrected chi connectivity index (χ1v) is 10.9. The van der Waals surface area contributed by atoms with Crippen molar-refractivity contribution in [2.45, 2.75) is 37.8 Å². The summed E-state index contributed by atoms with van der Waals surface area (Å²) in [7, 11) is -3.69. The van der Waals surface area contributed by atoms with Gasteiger partial charge in [0, 0.05) is 10.5 Å². The van der Waals surface area contributed by atoms with Crippen LogP contribution in [-0.4, -0.2) is 32.4 Å². The van der Waals surface area contributed by atoms with E-state index in [9.17, 15) is 22.4 Å². The fourth-order valence-electron chi connectivity index (χ4n) is 2.26. The van der Waals surface area contributed by atoms with Crippen LogP contribution in [0.15, 0.2) is 51.8 Å². The highest BCUT2D eigenvalue weighted by Gasteiger charge is 2.21. The predicted molar refractivity (Wildman–Crippen MR) is 110 cm³/mol. The first kappa shape index (κ1) is 23.0. The summed E-state index contributed by atoms with van der Waals surface area (Å²) in [6.45, 7) is 4.72. The maximum absolute atomic E-state index is 13.8. The molecule has 29 heavy (non-hydrogen) atoms. The second-order valence-corrected chi connectivity index (χ2v) is 9.09. The maximum Gasteiger partial charge on any atom is 0.338 e. The van der Waals surface area contributed by atoms with Crippen molar-refractivity contribution in [3.05, 3.63) is 58.3 Å². The Hall–Kier alpha value is -2.30. The van der Waals surface area contributed by atoms with Gasteiger partial charge in [0.1, 0.15) is 5.82 Å². The summed E-state index contributed by atoms with van der Waals surface area (Å²) in [5.74, 6) is -2.16. The summed E-state index contributed by atoms with van der Waals surface area (Å²) in [6.07, 6.45) is -1.20. The highest BCUT2D eigenvalue weighted by molar-refractivity contribution is 9.10. The normalized spacial score (nSPS) is 12.5. The fourth-order valence-corrected chi connectivity index (χ4v) is 3.84. The number of hydrogen-bond donors (Lipinski definition) is 2. The lowest BCUT2D eigenvalue weighted by Gasteiger charge is -2.14. The molecule has 0 aliphatic rings. The van der Waals surface area contributed by atoms with Gasteiger partial charge in [0.2, 0.25) is 10.0 Å². The number of carbonyl (C=O) groups is 2. The molecular weight excluding hydrogens is 467 g/mol. The zero-order valence-corrected chi connectivity index (χ0v) is 18.3. The summed E-state index contributed by atoms with van der Waals surface area (Å²) in [6, 6.07) is 8.95. The summed E-state index contributed by atoms with van der Waals surface area (Å²) < 4.78 is 46.0. The molecule has 0 heterocycles. The summed E-state index contributed by atoms with van der Waals surface area (Å²) >= 11 is 3.12. The van der Waals surface area contributed by atoms with Gasteiger partial charge in [-0.2, -0.15) is 0 Å². The SMILES string of the molecule is CC(C)NS(=O)(=O)c1ccc(C(=O)OC(C)C(=O)Nc2ccc(Br)cc2F)cc1. The zero-order valence-electron chi connectivity index (χ0n) is 15.9. The number of hydrogen-bond acceptors (Lipinski definition) is 5. The molecule has 2 N–H and O–H groups in total. The van der Waals surface area contributed by atoms with E-state index in [0.717, 1.165) is 0 Å². The van der Waals surface area contributed by atoms with Crippen LogP contribution in [0.4, 0.5) is 10.1 Å². The van der Waals surface area contributed by atoms with E-state index in [1.54, 1.807) is 19.9 Å². The Kier molecular flexibility index (Phi) is 7.50. The van der Waals surface area contributed by atoms with Gasteiger partial charge >= 0.3 is 5.97 Å². The van der Waals surface area contributed by atoms with E-state index >= 15 is 0 Å². The number of rotatable bonds is 7. The molecule has 0 aliphatic heterocycles. The van der Waals surface area contributed by atoms with E-state index in [0.29, 0.717) is 4.47 Å². The molecular formula is C19H20BrFN2O5S. The zero-order chi connectivity index (χ0) is 21.8.